The molecule has 0 aromatic carbocycles. The Labute approximate surface area is 97.3 Å². The Morgan fingerprint density at radius 3 is 2.76 bits per heavy atom. The predicted molar refractivity (Wildman–Crippen MR) is 58.7 cm³/mol. The van der Waals surface area contributed by atoms with Crippen LogP contribution < -0.4 is 10.2 Å². The Hall–Kier alpha value is -2.01. The van der Waals surface area contributed by atoms with Gasteiger partial charge in [-0.15, -0.1) is 0 Å². The fourth-order valence-corrected chi connectivity index (χ4v) is 1.34. The Balaban J connectivity index is 2.06. The van der Waals surface area contributed by atoms with Crippen molar-refractivity contribution < 1.29 is 18.7 Å². The van der Waals surface area contributed by atoms with E-state index in [2.05, 4.69) is 0 Å². The van der Waals surface area contributed by atoms with E-state index in [9.17, 15) is 4.79 Å². The lowest BCUT2D eigenvalue weighted by molar-refractivity contribution is 0.230. The molecule has 0 saturated carbocycles. The van der Waals surface area contributed by atoms with Gasteiger partial charge in [-0.25, -0.2) is 0 Å². The fourth-order valence-electron chi connectivity index (χ4n) is 1.34. The second-order valence-corrected chi connectivity index (χ2v) is 3.53. The average Bonchev–Trinajstić information content (AvgIpc) is 2.73. The van der Waals surface area contributed by atoms with Crippen LogP contribution >= 0.6 is 0 Å². The van der Waals surface area contributed by atoms with E-state index in [1.807, 2.05) is 13.0 Å². The van der Waals surface area contributed by atoms with Gasteiger partial charge in [0.1, 0.15) is 36.8 Å². The van der Waals surface area contributed by atoms with Crippen molar-refractivity contribution in [1.29, 1.82) is 0 Å². The summed E-state index contributed by atoms with van der Waals surface area (Å²) < 4.78 is 15.5. The number of hydrogen-bond acceptors (Lipinski definition) is 5. The number of furan rings is 1. The number of aliphatic hydroxyl groups is 1. The molecule has 0 saturated heterocycles. The molecule has 0 radical (unpaired) electrons. The van der Waals surface area contributed by atoms with Crippen LogP contribution in [0.1, 0.15) is 17.3 Å². The Morgan fingerprint density at radius 1 is 1.35 bits per heavy atom. The summed E-state index contributed by atoms with van der Waals surface area (Å²) in [4.78, 5) is 11.5. The van der Waals surface area contributed by atoms with E-state index in [-0.39, 0.29) is 30.2 Å². The molecule has 5 heteroatoms. The molecule has 17 heavy (non-hydrogen) atoms. The van der Waals surface area contributed by atoms with Crippen molar-refractivity contribution in [3.63, 3.8) is 0 Å². The van der Waals surface area contributed by atoms with Gasteiger partial charge in [-0.3, -0.25) is 4.79 Å². The summed E-state index contributed by atoms with van der Waals surface area (Å²) in [6, 6.07) is 4.79. The van der Waals surface area contributed by atoms with Crippen molar-refractivity contribution >= 4 is 0 Å². The zero-order chi connectivity index (χ0) is 12.3. The summed E-state index contributed by atoms with van der Waals surface area (Å²) in [6.07, 6.45) is 1.18. The summed E-state index contributed by atoms with van der Waals surface area (Å²) in [7, 11) is 0. The molecule has 2 aromatic rings. The van der Waals surface area contributed by atoms with Crippen LogP contribution in [0.4, 0.5) is 0 Å². The number of hydrogen-bond donors (Lipinski definition) is 1. The quantitative estimate of drug-likeness (QED) is 0.873. The third-order valence-electron chi connectivity index (χ3n) is 2.17. The van der Waals surface area contributed by atoms with Gasteiger partial charge in [0, 0.05) is 6.07 Å². The van der Waals surface area contributed by atoms with Crippen LogP contribution in [-0.4, -0.2) is 5.11 Å². The summed E-state index contributed by atoms with van der Waals surface area (Å²) in [5.74, 6) is 1.71. The van der Waals surface area contributed by atoms with Crippen molar-refractivity contribution in [2.75, 3.05) is 0 Å². The molecule has 1 N–H and O–H groups in total. The van der Waals surface area contributed by atoms with Crippen molar-refractivity contribution in [2.45, 2.75) is 20.1 Å². The summed E-state index contributed by atoms with van der Waals surface area (Å²) in [5.41, 5.74) is -0.330. The summed E-state index contributed by atoms with van der Waals surface area (Å²) in [5, 5.41) is 8.78. The fraction of sp³-hybridized carbons (Fsp3) is 0.250. The molecule has 0 unspecified atom stereocenters. The first-order valence-corrected chi connectivity index (χ1v) is 5.10. The standard InChI is InChI=1S/C12H12O5/c1-8-2-3-9(17-8)6-16-12-7-15-10(5-13)4-11(12)14/h2-4,7,13H,5-6H2,1H3. The third kappa shape index (κ3) is 2.76. The Kier molecular flexibility index (Phi) is 3.30. The molecule has 2 heterocycles. The number of aryl methyl sites for hydroxylation is 1. The van der Waals surface area contributed by atoms with Gasteiger partial charge < -0.3 is 18.7 Å². The highest BCUT2D eigenvalue weighted by Crippen LogP contribution is 2.11. The van der Waals surface area contributed by atoms with Crippen molar-refractivity contribution in [2.24, 2.45) is 0 Å². The van der Waals surface area contributed by atoms with Gasteiger partial charge in [0.2, 0.25) is 11.2 Å². The molecule has 2 aromatic heterocycles. The molecular weight excluding hydrogens is 224 g/mol. The van der Waals surface area contributed by atoms with E-state index in [1.54, 1.807) is 6.07 Å². The lowest BCUT2D eigenvalue weighted by Gasteiger charge is -2.03. The average molecular weight is 236 g/mol. The maximum atomic E-state index is 11.5. The highest BCUT2D eigenvalue weighted by Gasteiger charge is 2.06. The molecule has 0 amide bonds. The third-order valence-corrected chi connectivity index (χ3v) is 2.17. The molecule has 90 valence electrons. The Bertz CT molecular complexity index is 552. The lowest BCUT2D eigenvalue weighted by Crippen LogP contribution is -2.07. The topological polar surface area (TPSA) is 72.8 Å². The molecule has 0 spiro atoms. The number of aliphatic hydroxyl groups excluding tert-OH is 1. The monoisotopic (exact) mass is 236 g/mol. The molecule has 0 aliphatic rings. The first kappa shape index (κ1) is 11.5. The number of ether oxygens (including phenoxy) is 1. The first-order valence-electron chi connectivity index (χ1n) is 5.10. The van der Waals surface area contributed by atoms with Gasteiger partial charge >= 0.3 is 0 Å². The normalized spacial score (nSPS) is 10.5. The maximum absolute atomic E-state index is 11.5. The first-order chi connectivity index (χ1) is 8.19. The minimum absolute atomic E-state index is 0.0938. The van der Waals surface area contributed by atoms with E-state index in [4.69, 9.17) is 18.7 Å². The lowest BCUT2D eigenvalue weighted by atomic mass is 10.4. The summed E-state index contributed by atoms with van der Waals surface area (Å²) >= 11 is 0. The Morgan fingerprint density at radius 2 is 2.18 bits per heavy atom. The minimum Gasteiger partial charge on any atom is -0.479 e. The van der Waals surface area contributed by atoms with Gasteiger partial charge in [0.25, 0.3) is 0 Å². The second-order valence-electron chi connectivity index (χ2n) is 3.53. The highest BCUT2D eigenvalue weighted by molar-refractivity contribution is 5.17. The van der Waals surface area contributed by atoms with Crippen LogP contribution in [0.2, 0.25) is 0 Å². The SMILES string of the molecule is Cc1ccc(COc2coc(CO)cc2=O)o1. The van der Waals surface area contributed by atoms with Crippen LogP contribution in [-0.2, 0) is 13.2 Å². The minimum atomic E-state index is -0.330. The van der Waals surface area contributed by atoms with Crippen molar-refractivity contribution in [1.82, 2.24) is 0 Å². The van der Waals surface area contributed by atoms with Gasteiger partial charge in [0.15, 0.2) is 0 Å². The van der Waals surface area contributed by atoms with Gasteiger partial charge in [0.05, 0.1) is 0 Å². The van der Waals surface area contributed by atoms with Gasteiger partial charge in [-0.05, 0) is 19.1 Å². The molecule has 0 aliphatic heterocycles. The zero-order valence-corrected chi connectivity index (χ0v) is 9.30. The van der Waals surface area contributed by atoms with Crippen LogP contribution in [0.5, 0.6) is 5.75 Å². The van der Waals surface area contributed by atoms with Gasteiger partial charge in [-0.2, -0.15) is 0 Å². The predicted octanol–water partition coefficient (Wildman–Crippen LogP) is 1.61. The van der Waals surface area contributed by atoms with Crippen molar-refractivity contribution in [3.05, 3.63) is 52.0 Å². The molecule has 0 fully saturated rings. The van der Waals surface area contributed by atoms with Crippen LogP contribution in [0.3, 0.4) is 0 Å². The molecular formula is C12H12O5. The second kappa shape index (κ2) is 4.88. The van der Waals surface area contributed by atoms with Gasteiger partial charge in [-0.1, -0.05) is 0 Å². The van der Waals surface area contributed by atoms with Crippen LogP contribution in [0.15, 0.2) is 38.1 Å². The molecule has 0 bridgehead atoms. The summed E-state index contributed by atoms with van der Waals surface area (Å²) in [6.45, 7) is 1.68. The van der Waals surface area contributed by atoms with Crippen LogP contribution in [0.25, 0.3) is 0 Å². The van der Waals surface area contributed by atoms with E-state index in [0.717, 1.165) is 5.76 Å². The molecule has 0 aliphatic carbocycles. The number of rotatable bonds is 4. The molecule has 0 atom stereocenters. The molecule has 5 nitrogen and oxygen atoms in total. The van der Waals surface area contributed by atoms with Crippen LogP contribution in [0, 0.1) is 6.92 Å². The van der Waals surface area contributed by atoms with E-state index < -0.39 is 0 Å². The maximum Gasteiger partial charge on any atom is 0.227 e. The van der Waals surface area contributed by atoms with E-state index in [0.29, 0.717) is 5.76 Å². The van der Waals surface area contributed by atoms with E-state index in [1.165, 1.54) is 12.3 Å². The highest BCUT2D eigenvalue weighted by atomic mass is 16.5. The van der Waals surface area contributed by atoms with E-state index >= 15 is 0 Å². The zero-order valence-electron chi connectivity index (χ0n) is 9.30. The van der Waals surface area contributed by atoms with Crippen molar-refractivity contribution in [3.8, 4) is 5.75 Å². The largest absolute Gasteiger partial charge is 0.479 e. The smallest absolute Gasteiger partial charge is 0.227 e. The molecule has 2 rings (SSSR count).